The molecular weight excluding hydrogens is 347 g/mol. The van der Waals surface area contributed by atoms with Crippen LogP contribution in [0, 0.1) is 0 Å². The van der Waals surface area contributed by atoms with Gasteiger partial charge in [0.05, 0.1) is 19.4 Å². The molecule has 1 heterocycles. The number of nitrogens with zero attached hydrogens (tertiary/aromatic N) is 1. The highest BCUT2D eigenvalue weighted by Crippen LogP contribution is 2.30. The lowest BCUT2D eigenvalue weighted by molar-refractivity contribution is -0.276. The summed E-state index contributed by atoms with van der Waals surface area (Å²) in [6.07, 6.45) is -4.88. The quantitative estimate of drug-likeness (QED) is 0.598. The van der Waals surface area contributed by atoms with Gasteiger partial charge in [0, 0.05) is 11.4 Å². The molecule has 0 aliphatic rings. The van der Waals surface area contributed by atoms with Crippen LogP contribution >= 0.6 is 15.9 Å². The van der Waals surface area contributed by atoms with Gasteiger partial charge < -0.3 is 14.2 Å². The van der Waals surface area contributed by atoms with Crippen molar-refractivity contribution in [2.24, 2.45) is 0 Å². The number of carbonyl (C=O) groups is 1. The van der Waals surface area contributed by atoms with Crippen LogP contribution in [0.1, 0.15) is 23.0 Å². The summed E-state index contributed by atoms with van der Waals surface area (Å²) in [7, 11) is 1.22. The number of ether oxygens (including phenoxy) is 3. The average molecular weight is 358 g/mol. The molecule has 0 spiro atoms. The molecule has 0 N–H and O–H groups in total. The molecule has 0 aliphatic heterocycles. The van der Waals surface area contributed by atoms with Gasteiger partial charge in [-0.15, -0.1) is 13.2 Å². The molecule has 0 amide bonds. The number of esters is 1. The predicted octanol–water partition coefficient (Wildman–Crippen LogP) is 3.06. The predicted molar refractivity (Wildman–Crippen MR) is 66.1 cm³/mol. The lowest BCUT2D eigenvalue weighted by Gasteiger charge is -2.14. The average Bonchev–Trinajstić information content (AvgIpc) is 2.35. The Bertz CT molecular complexity index is 468. The molecule has 1 aromatic heterocycles. The van der Waals surface area contributed by atoms with E-state index in [0.717, 1.165) is 6.07 Å². The molecule has 0 aromatic carbocycles. The largest absolute Gasteiger partial charge is 0.574 e. The number of hydrogen-bond acceptors (Lipinski definition) is 5. The Kier molecular flexibility index (Phi) is 5.61. The Balaban J connectivity index is 3.28. The van der Waals surface area contributed by atoms with Crippen LogP contribution < -0.4 is 9.47 Å². The third kappa shape index (κ3) is 4.26. The third-order valence-electron chi connectivity index (χ3n) is 2.08. The van der Waals surface area contributed by atoms with Crippen LogP contribution in [0.25, 0.3) is 0 Å². The van der Waals surface area contributed by atoms with Crippen molar-refractivity contribution >= 4 is 21.9 Å². The molecule has 0 unspecified atom stereocenters. The molecule has 0 fully saturated rings. The first-order valence-corrected chi connectivity index (χ1v) is 6.51. The second-order valence-corrected chi connectivity index (χ2v) is 3.95. The number of pyridine rings is 1. The van der Waals surface area contributed by atoms with E-state index in [1.807, 2.05) is 0 Å². The molecule has 20 heavy (non-hydrogen) atoms. The van der Waals surface area contributed by atoms with Crippen LogP contribution in [0.4, 0.5) is 13.2 Å². The molecule has 1 aromatic rings. The minimum atomic E-state index is -4.88. The molecule has 1 rings (SSSR count). The van der Waals surface area contributed by atoms with Crippen molar-refractivity contribution in [1.29, 1.82) is 0 Å². The van der Waals surface area contributed by atoms with Crippen molar-refractivity contribution in [3.05, 3.63) is 17.3 Å². The fourth-order valence-electron chi connectivity index (χ4n) is 1.40. The zero-order chi connectivity index (χ0) is 15.3. The number of methoxy groups -OCH3 is 1. The highest BCUT2D eigenvalue weighted by atomic mass is 79.9. The minimum absolute atomic E-state index is 0.0297. The summed E-state index contributed by atoms with van der Waals surface area (Å²) in [6.45, 7) is 1.72. The molecule has 0 atom stereocenters. The van der Waals surface area contributed by atoms with Crippen molar-refractivity contribution in [2.45, 2.75) is 18.6 Å². The Hall–Kier alpha value is -1.51. The van der Waals surface area contributed by atoms with E-state index < -0.39 is 18.2 Å². The van der Waals surface area contributed by atoms with Gasteiger partial charge in [-0.2, -0.15) is 0 Å². The number of carbonyl (C=O) groups excluding carboxylic acids is 1. The summed E-state index contributed by atoms with van der Waals surface area (Å²) in [5, 5.41) is 0.0343. The number of rotatable bonds is 5. The topological polar surface area (TPSA) is 57.7 Å². The second-order valence-electron chi connectivity index (χ2n) is 3.39. The van der Waals surface area contributed by atoms with Crippen LogP contribution in [0.5, 0.6) is 11.6 Å². The highest BCUT2D eigenvalue weighted by Gasteiger charge is 2.33. The second kappa shape index (κ2) is 6.78. The van der Waals surface area contributed by atoms with Crippen LogP contribution in [-0.2, 0) is 10.1 Å². The Morgan fingerprint density at radius 1 is 1.45 bits per heavy atom. The third-order valence-corrected chi connectivity index (χ3v) is 2.61. The van der Waals surface area contributed by atoms with Crippen molar-refractivity contribution in [3.63, 3.8) is 0 Å². The molecule has 0 aliphatic carbocycles. The first-order valence-electron chi connectivity index (χ1n) is 5.39. The van der Waals surface area contributed by atoms with E-state index in [0.29, 0.717) is 0 Å². The van der Waals surface area contributed by atoms with Crippen molar-refractivity contribution < 1.29 is 32.2 Å². The molecule has 0 saturated heterocycles. The fraction of sp³-hybridized carbons (Fsp3) is 0.455. The standard InChI is InChI=1S/C11H11BrF3NO4/c1-3-19-10(17)9-6(5-12)16-8(4-7(9)18-2)20-11(13,14)15/h4H,3,5H2,1-2H3. The molecule has 9 heteroatoms. The van der Waals surface area contributed by atoms with E-state index >= 15 is 0 Å². The van der Waals surface area contributed by atoms with Crippen molar-refractivity contribution in [2.75, 3.05) is 13.7 Å². The maximum Gasteiger partial charge on any atom is 0.574 e. The smallest absolute Gasteiger partial charge is 0.496 e. The molecule has 112 valence electrons. The summed E-state index contributed by atoms with van der Waals surface area (Å²) >= 11 is 3.04. The first kappa shape index (κ1) is 16.5. The number of alkyl halides is 4. The van der Waals surface area contributed by atoms with E-state index in [-0.39, 0.29) is 28.9 Å². The monoisotopic (exact) mass is 357 g/mol. The van der Waals surface area contributed by atoms with Gasteiger partial charge in [0.15, 0.2) is 0 Å². The van der Waals surface area contributed by atoms with Gasteiger partial charge in [-0.1, -0.05) is 15.9 Å². The maximum atomic E-state index is 12.2. The lowest BCUT2D eigenvalue weighted by Crippen LogP contribution is -2.19. The SMILES string of the molecule is CCOC(=O)c1c(OC)cc(OC(F)(F)F)nc1CBr. The molecule has 5 nitrogen and oxygen atoms in total. The fourth-order valence-corrected chi connectivity index (χ4v) is 1.80. The zero-order valence-electron chi connectivity index (χ0n) is 10.6. The van der Waals surface area contributed by atoms with E-state index in [1.165, 1.54) is 7.11 Å². The molecule has 0 radical (unpaired) electrons. The molecular formula is C11H11BrF3NO4. The Morgan fingerprint density at radius 3 is 2.55 bits per heavy atom. The van der Waals surface area contributed by atoms with Gasteiger partial charge in [0.2, 0.25) is 5.88 Å². The van der Waals surface area contributed by atoms with Crippen molar-refractivity contribution in [1.82, 2.24) is 4.98 Å². The Morgan fingerprint density at radius 2 is 2.10 bits per heavy atom. The number of halogens is 4. The van der Waals surface area contributed by atoms with Gasteiger partial charge in [-0.05, 0) is 6.92 Å². The summed E-state index contributed by atoms with van der Waals surface area (Å²) in [4.78, 5) is 15.4. The minimum Gasteiger partial charge on any atom is -0.496 e. The first-order chi connectivity index (χ1) is 9.32. The number of hydrogen-bond donors (Lipinski definition) is 0. The van der Waals surface area contributed by atoms with Gasteiger partial charge in [-0.3, -0.25) is 0 Å². The van der Waals surface area contributed by atoms with Gasteiger partial charge >= 0.3 is 12.3 Å². The van der Waals surface area contributed by atoms with Crippen LogP contribution in [-0.4, -0.2) is 31.0 Å². The summed E-state index contributed by atoms with van der Waals surface area (Å²) in [5.41, 5.74) is -0.0113. The normalized spacial score (nSPS) is 11.1. The van der Waals surface area contributed by atoms with E-state index in [2.05, 4.69) is 25.7 Å². The van der Waals surface area contributed by atoms with Crippen LogP contribution in [0.15, 0.2) is 6.07 Å². The van der Waals surface area contributed by atoms with E-state index in [4.69, 9.17) is 9.47 Å². The highest BCUT2D eigenvalue weighted by molar-refractivity contribution is 9.08. The van der Waals surface area contributed by atoms with Gasteiger partial charge in [0.25, 0.3) is 0 Å². The molecule has 0 bridgehead atoms. The molecule has 0 saturated carbocycles. The lowest BCUT2D eigenvalue weighted by atomic mass is 10.2. The van der Waals surface area contributed by atoms with Crippen LogP contribution in [0.3, 0.4) is 0 Å². The van der Waals surface area contributed by atoms with Crippen molar-refractivity contribution in [3.8, 4) is 11.6 Å². The summed E-state index contributed by atoms with van der Waals surface area (Å²) in [6, 6.07) is 0.881. The van der Waals surface area contributed by atoms with E-state index in [1.54, 1.807) is 6.92 Å². The zero-order valence-corrected chi connectivity index (χ0v) is 12.2. The van der Waals surface area contributed by atoms with E-state index in [9.17, 15) is 18.0 Å². The maximum absolute atomic E-state index is 12.2. The van der Waals surface area contributed by atoms with Gasteiger partial charge in [0.1, 0.15) is 11.3 Å². The number of aromatic nitrogens is 1. The van der Waals surface area contributed by atoms with Crippen LogP contribution in [0.2, 0.25) is 0 Å². The summed E-state index contributed by atoms with van der Waals surface area (Å²) in [5.74, 6) is -1.55. The van der Waals surface area contributed by atoms with Gasteiger partial charge in [-0.25, -0.2) is 9.78 Å². The summed E-state index contributed by atoms with van der Waals surface area (Å²) < 4.78 is 50.0. The Labute approximate surface area is 121 Å².